The zero-order valence-corrected chi connectivity index (χ0v) is 11.2. The van der Waals surface area contributed by atoms with Crippen LogP contribution in [0, 0.1) is 5.92 Å². The van der Waals surface area contributed by atoms with Crippen LogP contribution in [-0.4, -0.2) is 50.2 Å². The summed E-state index contributed by atoms with van der Waals surface area (Å²) in [6, 6.07) is 0.217. The van der Waals surface area contributed by atoms with Crippen molar-refractivity contribution in [2.75, 3.05) is 33.4 Å². The molecule has 0 unspecified atom stereocenters. The molecular formula is C12H26N2O2. The number of rotatable bonds is 8. The summed E-state index contributed by atoms with van der Waals surface area (Å²) in [5, 5.41) is 3.00. The highest BCUT2D eigenvalue weighted by Crippen LogP contribution is 2.04. The van der Waals surface area contributed by atoms with Crippen molar-refractivity contribution in [3.8, 4) is 0 Å². The molecule has 0 aromatic heterocycles. The highest BCUT2D eigenvalue weighted by Gasteiger charge is 2.17. The minimum atomic E-state index is 0.0431. The number of likely N-dealkylation sites (N-methyl/N-ethyl adjacent to an activating group) is 1. The molecule has 0 aliphatic rings. The molecule has 96 valence electrons. The van der Waals surface area contributed by atoms with E-state index in [0.717, 1.165) is 26.2 Å². The van der Waals surface area contributed by atoms with E-state index in [2.05, 4.69) is 31.0 Å². The van der Waals surface area contributed by atoms with Crippen LogP contribution in [0.25, 0.3) is 0 Å². The molecule has 0 fully saturated rings. The van der Waals surface area contributed by atoms with Gasteiger partial charge in [-0.05, 0) is 12.5 Å². The maximum atomic E-state index is 11.1. The maximum absolute atomic E-state index is 11.1. The van der Waals surface area contributed by atoms with Gasteiger partial charge in [-0.2, -0.15) is 0 Å². The first-order valence-electron chi connectivity index (χ1n) is 5.99. The summed E-state index contributed by atoms with van der Waals surface area (Å²) in [5.74, 6) is 0.488. The number of nitrogens with zero attached hydrogens (tertiary/aromatic N) is 1. The number of nitrogens with one attached hydrogen (secondary N) is 1. The smallest absolute Gasteiger partial charge is 0.217 e. The summed E-state index contributed by atoms with van der Waals surface area (Å²) in [6.07, 6.45) is 0. The minimum Gasteiger partial charge on any atom is -0.383 e. The van der Waals surface area contributed by atoms with Crippen LogP contribution in [0.2, 0.25) is 0 Å². The molecule has 0 spiro atoms. The Hall–Kier alpha value is -0.610. The van der Waals surface area contributed by atoms with E-state index in [9.17, 15) is 4.79 Å². The van der Waals surface area contributed by atoms with E-state index in [-0.39, 0.29) is 11.9 Å². The molecule has 0 saturated heterocycles. The van der Waals surface area contributed by atoms with E-state index in [1.54, 1.807) is 14.0 Å². The van der Waals surface area contributed by atoms with Gasteiger partial charge in [0.1, 0.15) is 0 Å². The lowest BCUT2D eigenvalue weighted by molar-refractivity contribution is -0.120. The number of carbonyl (C=O) groups is 1. The molecule has 0 bridgehead atoms. The Morgan fingerprint density at radius 2 is 2.06 bits per heavy atom. The van der Waals surface area contributed by atoms with Crippen LogP contribution in [0.1, 0.15) is 27.7 Å². The molecule has 4 heteroatoms. The SMILES string of the molecule is CCN(CCOC)C[C@H](NC(C)=O)C(C)C. The van der Waals surface area contributed by atoms with E-state index in [1.165, 1.54) is 0 Å². The molecule has 16 heavy (non-hydrogen) atoms. The molecule has 0 aliphatic carbocycles. The standard InChI is InChI=1S/C12H26N2O2/c1-6-14(7-8-16-5)9-12(10(2)3)13-11(4)15/h10,12H,6-9H2,1-5H3,(H,13,15)/t12-/m0/s1. The van der Waals surface area contributed by atoms with Gasteiger partial charge in [0, 0.05) is 33.2 Å². The van der Waals surface area contributed by atoms with Crippen molar-refractivity contribution in [3.05, 3.63) is 0 Å². The quantitative estimate of drug-likeness (QED) is 0.679. The Morgan fingerprint density at radius 1 is 1.44 bits per heavy atom. The lowest BCUT2D eigenvalue weighted by Gasteiger charge is -2.29. The lowest BCUT2D eigenvalue weighted by Crippen LogP contribution is -2.46. The van der Waals surface area contributed by atoms with Gasteiger partial charge in [0.15, 0.2) is 0 Å². The second-order valence-corrected chi connectivity index (χ2v) is 4.44. The number of hydrogen-bond donors (Lipinski definition) is 1. The summed E-state index contributed by atoms with van der Waals surface area (Å²) in [5.41, 5.74) is 0. The summed E-state index contributed by atoms with van der Waals surface area (Å²) in [7, 11) is 1.71. The van der Waals surface area contributed by atoms with Crippen molar-refractivity contribution < 1.29 is 9.53 Å². The largest absolute Gasteiger partial charge is 0.383 e. The molecular weight excluding hydrogens is 204 g/mol. The van der Waals surface area contributed by atoms with Crippen molar-refractivity contribution in [1.82, 2.24) is 10.2 Å². The predicted molar refractivity (Wildman–Crippen MR) is 66.4 cm³/mol. The highest BCUT2D eigenvalue weighted by atomic mass is 16.5. The van der Waals surface area contributed by atoms with Crippen molar-refractivity contribution >= 4 is 5.91 Å². The highest BCUT2D eigenvalue weighted by molar-refractivity contribution is 5.73. The van der Waals surface area contributed by atoms with Gasteiger partial charge < -0.3 is 10.1 Å². The zero-order chi connectivity index (χ0) is 12.6. The van der Waals surface area contributed by atoms with Gasteiger partial charge in [-0.1, -0.05) is 20.8 Å². The second-order valence-electron chi connectivity index (χ2n) is 4.44. The van der Waals surface area contributed by atoms with Crippen LogP contribution in [0.4, 0.5) is 0 Å². The van der Waals surface area contributed by atoms with Gasteiger partial charge in [-0.25, -0.2) is 0 Å². The molecule has 0 heterocycles. The van der Waals surface area contributed by atoms with Crippen molar-refractivity contribution in [2.24, 2.45) is 5.92 Å². The van der Waals surface area contributed by atoms with Crippen molar-refractivity contribution in [1.29, 1.82) is 0 Å². The van der Waals surface area contributed by atoms with Crippen LogP contribution in [0.3, 0.4) is 0 Å². The van der Waals surface area contributed by atoms with Crippen molar-refractivity contribution in [3.63, 3.8) is 0 Å². The van der Waals surface area contributed by atoms with Gasteiger partial charge in [-0.15, -0.1) is 0 Å². The van der Waals surface area contributed by atoms with Gasteiger partial charge in [-0.3, -0.25) is 9.69 Å². The summed E-state index contributed by atoms with van der Waals surface area (Å²) < 4.78 is 5.07. The fourth-order valence-corrected chi connectivity index (χ4v) is 1.56. The number of amides is 1. The fourth-order valence-electron chi connectivity index (χ4n) is 1.56. The minimum absolute atomic E-state index is 0.0431. The first kappa shape index (κ1) is 15.4. The third-order valence-corrected chi connectivity index (χ3v) is 2.71. The molecule has 0 aromatic carbocycles. The summed E-state index contributed by atoms with van der Waals surface area (Å²) >= 11 is 0. The monoisotopic (exact) mass is 230 g/mol. The summed E-state index contributed by atoms with van der Waals surface area (Å²) in [6.45, 7) is 11.5. The molecule has 0 aliphatic heterocycles. The molecule has 0 aromatic rings. The van der Waals surface area contributed by atoms with Crippen molar-refractivity contribution in [2.45, 2.75) is 33.7 Å². The molecule has 4 nitrogen and oxygen atoms in total. The van der Waals surface area contributed by atoms with E-state index < -0.39 is 0 Å². The fraction of sp³-hybridized carbons (Fsp3) is 0.917. The van der Waals surface area contributed by atoms with Crippen LogP contribution in [0.5, 0.6) is 0 Å². The predicted octanol–water partition coefficient (Wildman–Crippen LogP) is 1.12. The summed E-state index contributed by atoms with van der Waals surface area (Å²) in [4.78, 5) is 13.4. The van der Waals surface area contributed by atoms with Crippen LogP contribution < -0.4 is 5.32 Å². The van der Waals surface area contributed by atoms with E-state index in [1.807, 2.05) is 0 Å². The van der Waals surface area contributed by atoms with Crippen LogP contribution >= 0.6 is 0 Å². The second kappa shape index (κ2) is 8.53. The van der Waals surface area contributed by atoms with Crippen LogP contribution in [-0.2, 0) is 9.53 Å². The van der Waals surface area contributed by atoms with E-state index in [0.29, 0.717) is 5.92 Å². The molecule has 1 amide bonds. The third kappa shape index (κ3) is 6.80. The van der Waals surface area contributed by atoms with Gasteiger partial charge in [0.25, 0.3) is 0 Å². The average Bonchev–Trinajstić information content (AvgIpc) is 2.21. The maximum Gasteiger partial charge on any atom is 0.217 e. The van der Waals surface area contributed by atoms with Gasteiger partial charge >= 0.3 is 0 Å². The Labute approximate surface area is 99.3 Å². The molecule has 0 rings (SSSR count). The molecule has 0 radical (unpaired) electrons. The lowest BCUT2D eigenvalue weighted by atomic mass is 10.0. The van der Waals surface area contributed by atoms with E-state index in [4.69, 9.17) is 4.74 Å². The Kier molecular flexibility index (Phi) is 8.21. The Balaban J connectivity index is 4.17. The first-order chi connectivity index (χ1) is 7.51. The molecule has 0 saturated carbocycles. The van der Waals surface area contributed by atoms with Gasteiger partial charge in [0.05, 0.1) is 6.61 Å². The number of carbonyl (C=O) groups excluding carboxylic acids is 1. The zero-order valence-electron chi connectivity index (χ0n) is 11.2. The average molecular weight is 230 g/mol. The van der Waals surface area contributed by atoms with Crippen LogP contribution in [0.15, 0.2) is 0 Å². The number of ether oxygens (including phenoxy) is 1. The number of hydrogen-bond acceptors (Lipinski definition) is 3. The normalized spacial score (nSPS) is 13.2. The first-order valence-corrected chi connectivity index (χ1v) is 5.99. The molecule has 1 N–H and O–H groups in total. The number of methoxy groups -OCH3 is 1. The third-order valence-electron chi connectivity index (χ3n) is 2.71. The van der Waals surface area contributed by atoms with E-state index >= 15 is 0 Å². The Morgan fingerprint density at radius 3 is 2.44 bits per heavy atom. The topological polar surface area (TPSA) is 41.6 Å². The molecule has 1 atom stereocenters. The van der Waals surface area contributed by atoms with Gasteiger partial charge in [0.2, 0.25) is 5.91 Å². The Bertz CT molecular complexity index is 195.